The lowest BCUT2D eigenvalue weighted by atomic mass is 10.2. The molecule has 1 aromatic rings. The average Bonchev–Trinajstić information content (AvgIpc) is 2.29. The summed E-state index contributed by atoms with van der Waals surface area (Å²) in [4.78, 5) is 13.9. The number of aromatic nitrogens is 1. The van der Waals surface area contributed by atoms with Crippen molar-refractivity contribution >= 4 is 17.3 Å². The number of hydrogen-bond acceptors (Lipinski definition) is 7. The number of pyridine rings is 1. The van der Waals surface area contributed by atoms with Crippen LogP contribution in [0.25, 0.3) is 0 Å². The van der Waals surface area contributed by atoms with Crippen LogP contribution in [-0.2, 0) is 4.74 Å². The van der Waals surface area contributed by atoms with Gasteiger partial charge in [0, 0.05) is 19.8 Å². The van der Waals surface area contributed by atoms with E-state index in [1.807, 2.05) is 0 Å². The Balaban J connectivity index is 2.77. The molecule has 8 heteroatoms. The largest absolute Gasteiger partial charge is 0.396 e. The van der Waals surface area contributed by atoms with Crippen LogP contribution in [0.15, 0.2) is 12.1 Å². The second kappa shape index (κ2) is 6.72. The molecule has 8 nitrogen and oxygen atoms in total. The molecule has 100 valence electrons. The first kappa shape index (κ1) is 14.1. The molecule has 1 unspecified atom stereocenters. The lowest BCUT2D eigenvalue weighted by molar-refractivity contribution is -0.384. The molecule has 0 aliphatic carbocycles. The van der Waals surface area contributed by atoms with E-state index in [-0.39, 0.29) is 24.2 Å². The van der Waals surface area contributed by atoms with E-state index in [0.717, 1.165) is 0 Å². The second-order valence-electron chi connectivity index (χ2n) is 3.67. The molecule has 18 heavy (non-hydrogen) atoms. The van der Waals surface area contributed by atoms with Crippen molar-refractivity contribution in [1.82, 2.24) is 4.98 Å². The molecule has 1 rings (SSSR count). The number of aliphatic hydroxyl groups excluding tert-OH is 1. The average molecular weight is 256 g/mol. The summed E-state index contributed by atoms with van der Waals surface area (Å²) in [5.74, 6) is 0.263. The van der Waals surface area contributed by atoms with Crippen molar-refractivity contribution in [1.29, 1.82) is 0 Å². The first-order chi connectivity index (χ1) is 8.58. The van der Waals surface area contributed by atoms with Crippen molar-refractivity contribution in [2.75, 3.05) is 31.4 Å². The zero-order valence-corrected chi connectivity index (χ0v) is 10.00. The Kier molecular flexibility index (Phi) is 5.28. The van der Waals surface area contributed by atoms with Crippen LogP contribution in [0.3, 0.4) is 0 Å². The Hall–Kier alpha value is -1.93. The summed E-state index contributed by atoms with van der Waals surface area (Å²) in [5, 5.41) is 22.4. The fourth-order valence-electron chi connectivity index (χ4n) is 1.47. The van der Waals surface area contributed by atoms with Gasteiger partial charge in [-0.1, -0.05) is 0 Å². The van der Waals surface area contributed by atoms with Gasteiger partial charge >= 0.3 is 5.69 Å². The van der Waals surface area contributed by atoms with Crippen LogP contribution in [0.2, 0.25) is 0 Å². The fourth-order valence-corrected chi connectivity index (χ4v) is 1.47. The lowest BCUT2D eigenvalue weighted by Crippen LogP contribution is -2.26. The van der Waals surface area contributed by atoms with Gasteiger partial charge in [0.25, 0.3) is 0 Å². The van der Waals surface area contributed by atoms with Crippen molar-refractivity contribution in [3.05, 3.63) is 22.2 Å². The maximum atomic E-state index is 10.6. The number of anilines is 2. The van der Waals surface area contributed by atoms with Gasteiger partial charge in [0.2, 0.25) is 5.82 Å². The molecule has 0 saturated heterocycles. The molecule has 4 N–H and O–H groups in total. The van der Waals surface area contributed by atoms with Crippen LogP contribution < -0.4 is 11.1 Å². The maximum Gasteiger partial charge on any atom is 0.311 e. The number of ether oxygens (including phenoxy) is 1. The standard InChI is InChI=1S/C10H16N4O4/c1-18-6-7(4-5-15)12-9-3-2-8(14(16)17)10(11)13-9/h2-3,7,15H,4-6H2,1H3,(H3,11,12,13). The Morgan fingerprint density at radius 2 is 2.39 bits per heavy atom. The van der Waals surface area contributed by atoms with E-state index < -0.39 is 4.92 Å². The van der Waals surface area contributed by atoms with Crippen molar-refractivity contribution in [2.24, 2.45) is 0 Å². The summed E-state index contributed by atoms with van der Waals surface area (Å²) < 4.78 is 4.98. The molecule has 0 aromatic carbocycles. The molecule has 1 heterocycles. The van der Waals surface area contributed by atoms with Crippen LogP contribution in [0.1, 0.15) is 6.42 Å². The van der Waals surface area contributed by atoms with E-state index in [1.165, 1.54) is 12.1 Å². The first-order valence-electron chi connectivity index (χ1n) is 5.35. The molecule has 0 spiro atoms. The van der Waals surface area contributed by atoms with E-state index in [2.05, 4.69) is 10.3 Å². The molecule has 1 aromatic heterocycles. The van der Waals surface area contributed by atoms with E-state index >= 15 is 0 Å². The molecule has 0 radical (unpaired) electrons. The minimum absolute atomic E-state index is 0.00346. The normalized spacial score (nSPS) is 12.1. The zero-order valence-electron chi connectivity index (χ0n) is 10.00. The SMILES string of the molecule is COCC(CCO)Nc1ccc([N+](=O)[O-])c(N)n1. The Morgan fingerprint density at radius 1 is 1.67 bits per heavy atom. The topological polar surface area (TPSA) is 124 Å². The summed E-state index contributed by atoms with van der Waals surface area (Å²) in [5.41, 5.74) is 5.24. The van der Waals surface area contributed by atoms with Crippen LogP contribution in [0, 0.1) is 10.1 Å². The molecular formula is C10H16N4O4. The molecule has 0 bridgehead atoms. The minimum atomic E-state index is -0.591. The smallest absolute Gasteiger partial charge is 0.311 e. The Morgan fingerprint density at radius 3 is 2.89 bits per heavy atom. The summed E-state index contributed by atoms with van der Waals surface area (Å²) in [7, 11) is 1.55. The third kappa shape index (κ3) is 3.82. The molecule has 0 aliphatic heterocycles. The monoisotopic (exact) mass is 256 g/mol. The highest BCUT2D eigenvalue weighted by molar-refractivity contribution is 5.57. The van der Waals surface area contributed by atoms with Crippen LogP contribution in [-0.4, -0.2) is 41.4 Å². The van der Waals surface area contributed by atoms with Crippen LogP contribution in [0.5, 0.6) is 0 Å². The van der Waals surface area contributed by atoms with E-state index in [1.54, 1.807) is 7.11 Å². The van der Waals surface area contributed by atoms with Crippen molar-refractivity contribution in [2.45, 2.75) is 12.5 Å². The van der Waals surface area contributed by atoms with Crippen molar-refractivity contribution in [3.8, 4) is 0 Å². The van der Waals surface area contributed by atoms with Gasteiger partial charge in [0.1, 0.15) is 5.82 Å². The Bertz CT molecular complexity index is 407. The maximum absolute atomic E-state index is 10.6. The third-order valence-electron chi connectivity index (χ3n) is 2.30. The lowest BCUT2D eigenvalue weighted by Gasteiger charge is -2.17. The Labute approximate surface area is 104 Å². The highest BCUT2D eigenvalue weighted by Crippen LogP contribution is 2.21. The number of nitrogens with two attached hydrogens (primary N) is 1. The van der Waals surface area contributed by atoms with Gasteiger partial charge < -0.3 is 20.9 Å². The number of nitrogen functional groups attached to an aromatic ring is 1. The zero-order chi connectivity index (χ0) is 13.5. The van der Waals surface area contributed by atoms with Gasteiger partial charge in [-0.25, -0.2) is 4.98 Å². The molecular weight excluding hydrogens is 240 g/mol. The quantitative estimate of drug-likeness (QED) is 0.476. The number of aliphatic hydroxyl groups is 1. The number of nitrogens with one attached hydrogen (secondary N) is 1. The van der Waals surface area contributed by atoms with Gasteiger partial charge in [-0.2, -0.15) is 0 Å². The number of nitro groups is 1. The van der Waals surface area contributed by atoms with Crippen LogP contribution >= 0.6 is 0 Å². The van der Waals surface area contributed by atoms with Gasteiger partial charge in [-0.3, -0.25) is 10.1 Å². The van der Waals surface area contributed by atoms with E-state index in [9.17, 15) is 10.1 Å². The molecule has 0 fully saturated rings. The van der Waals surface area contributed by atoms with Gasteiger partial charge in [0.15, 0.2) is 0 Å². The molecule has 0 saturated carbocycles. The van der Waals surface area contributed by atoms with E-state index in [0.29, 0.717) is 18.8 Å². The molecule has 1 atom stereocenters. The van der Waals surface area contributed by atoms with Gasteiger partial charge in [-0.05, 0) is 12.5 Å². The van der Waals surface area contributed by atoms with Crippen molar-refractivity contribution < 1.29 is 14.8 Å². The van der Waals surface area contributed by atoms with Crippen molar-refractivity contribution in [3.63, 3.8) is 0 Å². The fraction of sp³-hybridized carbons (Fsp3) is 0.500. The molecule has 0 amide bonds. The minimum Gasteiger partial charge on any atom is -0.396 e. The summed E-state index contributed by atoms with van der Waals surface area (Å²) in [6.45, 7) is 0.391. The van der Waals surface area contributed by atoms with Gasteiger partial charge in [0.05, 0.1) is 17.6 Å². The predicted molar refractivity (Wildman–Crippen MR) is 66.3 cm³/mol. The molecule has 0 aliphatic rings. The summed E-state index contributed by atoms with van der Waals surface area (Å²) in [6, 6.07) is 2.62. The third-order valence-corrected chi connectivity index (χ3v) is 2.30. The number of methoxy groups -OCH3 is 1. The number of rotatable bonds is 7. The summed E-state index contributed by atoms with van der Waals surface area (Å²) in [6.07, 6.45) is 0.479. The predicted octanol–water partition coefficient (Wildman–Crippen LogP) is 0.381. The first-order valence-corrected chi connectivity index (χ1v) is 5.35. The van der Waals surface area contributed by atoms with Gasteiger partial charge in [-0.15, -0.1) is 0 Å². The van der Waals surface area contributed by atoms with E-state index in [4.69, 9.17) is 15.6 Å². The second-order valence-corrected chi connectivity index (χ2v) is 3.67. The highest BCUT2D eigenvalue weighted by atomic mass is 16.6. The summed E-state index contributed by atoms with van der Waals surface area (Å²) >= 11 is 0. The van der Waals surface area contributed by atoms with Crippen LogP contribution in [0.4, 0.5) is 17.3 Å². The number of nitrogens with zero attached hydrogens (tertiary/aromatic N) is 2. The highest BCUT2D eigenvalue weighted by Gasteiger charge is 2.14. The number of hydrogen-bond donors (Lipinski definition) is 3.